The summed E-state index contributed by atoms with van der Waals surface area (Å²) in [6, 6.07) is 24.1. The van der Waals surface area contributed by atoms with Gasteiger partial charge in [-0.1, -0.05) is 43.5 Å². The maximum Gasteiger partial charge on any atom is 0.229 e. The summed E-state index contributed by atoms with van der Waals surface area (Å²) in [5.74, 6) is 2.99. The average molecular weight is 761 g/mol. The van der Waals surface area contributed by atoms with Gasteiger partial charge in [0.2, 0.25) is 11.9 Å². The van der Waals surface area contributed by atoms with E-state index in [1.807, 2.05) is 24.3 Å². The number of anilines is 6. The molecule has 1 aliphatic rings. The Morgan fingerprint density at radius 1 is 0.571 bits per heavy atom. The second-order valence-corrected chi connectivity index (χ2v) is 13.8. The third kappa shape index (κ3) is 7.95. The molecule has 2 aromatic heterocycles. The number of nitrogens with zero attached hydrogens (tertiary/aromatic N) is 4. The van der Waals surface area contributed by atoms with Gasteiger partial charge in [-0.05, 0) is 77.6 Å². The SMILES string of the molecule is COc1cc2nc(Nc3ccc(C4(c5ccc(Nc6nc(NCCO)c7cc(CO)c(CO)cc7n6)cc5)CCCCC4)cc3)nc(NCCO)c2cc1OC. The summed E-state index contributed by atoms with van der Waals surface area (Å²) in [5, 5.41) is 53.2. The van der Waals surface area contributed by atoms with Crippen LogP contribution in [0.25, 0.3) is 21.8 Å². The number of nitrogens with one attached hydrogen (secondary N) is 4. The van der Waals surface area contributed by atoms with E-state index in [2.05, 4.69) is 57.7 Å². The maximum absolute atomic E-state index is 9.89. The molecular formula is C42H48N8O6. The lowest BCUT2D eigenvalue weighted by atomic mass is 9.65. The molecule has 14 nitrogen and oxygen atoms in total. The molecule has 14 heteroatoms. The molecule has 0 aliphatic heterocycles. The molecule has 292 valence electrons. The van der Waals surface area contributed by atoms with E-state index in [9.17, 15) is 20.4 Å². The lowest BCUT2D eigenvalue weighted by Crippen LogP contribution is -2.30. The van der Waals surface area contributed by atoms with Crippen molar-refractivity contribution in [2.45, 2.75) is 50.7 Å². The number of hydrogen-bond donors (Lipinski definition) is 8. The molecule has 0 atom stereocenters. The Labute approximate surface area is 325 Å². The van der Waals surface area contributed by atoms with Crippen molar-refractivity contribution in [3.8, 4) is 11.5 Å². The van der Waals surface area contributed by atoms with Gasteiger partial charge in [0, 0.05) is 46.7 Å². The van der Waals surface area contributed by atoms with Crippen LogP contribution in [0, 0.1) is 0 Å². The molecule has 2 heterocycles. The fraction of sp³-hybridized carbons (Fsp3) is 0.333. The summed E-state index contributed by atoms with van der Waals surface area (Å²) < 4.78 is 11.0. The normalized spacial score (nSPS) is 13.8. The van der Waals surface area contributed by atoms with Crippen molar-refractivity contribution in [2.24, 2.45) is 0 Å². The molecule has 1 aliphatic carbocycles. The minimum Gasteiger partial charge on any atom is -0.493 e. The average Bonchev–Trinajstić information content (AvgIpc) is 3.24. The van der Waals surface area contributed by atoms with E-state index >= 15 is 0 Å². The van der Waals surface area contributed by atoms with Crippen LogP contribution >= 0.6 is 0 Å². The van der Waals surface area contributed by atoms with Crippen molar-refractivity contribution < 1.29 is 29.9 Å². The third-order valence-electron chi connectivity index (χ3n) is 10.5. The van der Waals surface area contributed by atoms with Crippen LogP contribution < -0.4 is 30.7 Å². The summed E-state index contributed by atoms with van der Waals surface area (Å²) in [7, 11) is 3.17. The minimum atomic E-state index is -0.226. The lowest BCUT2D eigenvalue weighted by Gasteiger charge is -2.39. The number of rotatable bonds is 16. The van der Waals surface area contributed by atoms with Crippen LogP contribution in [0.15, 0.2) is 72.8 Å². The van der Waals surface area contributed by atoms with Crippen LogP contribution in [-0.2, 0) is 18.6 Å². The molecule has 7 rings (SSSR count). The number of hydrogen-bond acceptors (Lipinski definition) is 14. The molecule has 0 amide bonds. The van der Waals surface area contributed by atoms with E-state index in [0.717, 1.165) is 42.4 Å². The van der Waals surface area contributed by atoms with Crippen LogP contribution in [0.1, 0.15) is 54.4 Å². The summed E-state index contributed by atoms with van der Waals surface area (Å²) in [5.41, 5.74) is 6.43. The van der Waals surface area contributed by atoms with E-state index in [1.165, 1.54) is 17.5 Å². The lowest BCUT2D eigenvalue weighted by molar-refractivity contribution is 0.260. The standard InChI is InChI=1S/C42H48N8O6/c1-55-36-22-33-35(23-37(36)56-2)48-41(50-39(33)44-17-19-52)46-31-12-8-29(9-13-31)42(14-4-3-5-15-42)28-6-10-30(11-7-28)45-40-47-34-21-27(25-54)26(24-53)20-32(34)38(49-40)43-16-18-51/h6-13,20-23,51-54H,3-5,14-19,24-25H2,1-2H3,(H2,43,45,47,49)(H2,44,46,48,50). The van der Waals surface area contributed by atoms with Gasteiger partial charge in [-0.3, -0.25) is 0 Å². The monoisotopic (exact) mass is 760 g/mol. The molecule has 8 N–H and O–H groups in total. The van der Waals surface area contributed by atoms with Crippen molar-refractivity contribution >= 4 is 56.7 Å². The van der Waals surface area contributed by atoms with E-state index in [0.29, 0.717) is 75.7 Å². The van der Waals surface area contributed by atoms with Gasteiger partial charge in [0.05, 0.1) is 51.7 Å². The van der Waals surface area contributed by atoms with E-state index in [4.69, 9.17) is 29.4 Å². The Hall–Kier alpha value is -5.80. The fourth-order valence-electron chi connectivity index (χ4n) is 7.65. The van der Waals surface area contributed by atoms with E-state index in [-0.39, 0.29) is 31.8 Å². The molecule has 0 unspecified atom stereocenters. The van der Waals surface area contributed by atoms with Crippen molar-refractivity contribution in [1.82, 2.24) is 19.9 Å². The number of aliphatic hydroxyl groups is 4. The Balaban J connectivity index is 1.14. The Morgan fingerprint density at radius 2 is 1.04 bits per heavy atom. The Bertz CT molecular complexity index is 2130. The number of ether oxygens (including phenoxy) is 2. The van der Waals surface area contributed by atoms with E-state index in [1.54, 1.807) is 26.4 Å². The maximum atomic E-state index is 9.89. The quantitative estimate of drug-likeness (QED) is 0.0561. The van der Waals surface area contributed by atoms with Gasteiger partial charge < -0.3 is 51.2 Å². The predicted molar refractivity (Wildman–Crippen MR) is 218 cm³/mol. The molecule has 6 aromatic rings. The molecule has 4 aromatic carbocycles. The molecule has 56 heavy (non-hydrogen) atoms. The van der Waals surface area contributed by atoms with Crippen LogP contribution in [0.4, 0.5) is 34.9 Å². The second kappa shape index (κ2) is 17.3. The third-order valence-corrected chi connectivity index (χ3v) is 10.5. The summed E-state index contributed by atoms with van der Waals surface area (Å²) in [6.07, 6.45) is 5.52. The van der Waals surface area contributed by atoms with Gasteiger partial charge in [0.25, 0.3) is 0 Å². The molecule has 0 spiro atoms. The molecule has 0 radical (unpaired) electrons. The van der Waals surface area contributed by atoms with Crippen molar-refractivity contribution in [3.63, 3.8) is 0 Å². The largest absolute Gasteiger partial charge is 0.493 e. The highest BCUT2D eigenvalue weighted by atomic mass is 16.5. The second-order valence-electron chi connectivity index (χ2n) is 13.8. The van der Waals surface area contributed by atoms with Crippen LogP contribution in [0.5, 0.6) is 11.5 Å². The first-order valence-electron chi connectivity index (χ1n) is 18.9. The van der Waals surface area contributed by atoms with Gasteiger partial charge >= 0.3 is 0 Å². The Morgan fingerprint density at radius 3 is 1.52 bits per heavy atom. The highest BCUT2D eigenvalue weighted by molar-refractivity contribution is 5.93. The van der Waals surface area contributed by atoms with Gasteiger partial charge in [0.1, 0.15) is 11.6 Å². The molecular weight excluding hydrogens is 713 g/mol. The first-order chi connectivity index (χ1) is 27.4. The zero-order chi connectivity index (χ0) is 39.1. The van der Waals surface area contributed by atoms with Crippen molar-refractivity contribution in [2.75, 3.05) is 61.8 Å². The minimum absolute atomic E-state index is 0.0479. The highest BCUT2D eigenvalue weighted by Gasteiger charge is 2.35. The van der Waals surface area contributed by atoms with Crippen molar-refractivity contribution in [3.05, 3.63) is 95.1 Å². The number of aliphatic hydroxyl groups excluding tert-OH is 4. The first-order valence-corrected chi connectivity index (χ1v) is 18.9. The smallest absolute Gasteiger partial charge is 0.229 e. The number of fused-ring (bicyclic) bond motifs is 2. The number of methoxy groups -OCH3 is 2. The molecule has 0 saturated heterocycles. The number of aromatic nitrogens is 4. The number of benzene rings is 4. The van der Waals surface area contributed by atoms with Gasteiger partial charge in [-0.2, -0.15) is 9.97 Å². The summed E-state index contributed by atoms with van der Waals surface area (Å²) in [6.45, 7) is 0.0487. The van der Waals surface area contributed by atoms with Gasteiger partial charge in [0.15, 0.2) is 11.5 Å². The van der Waals surface area contributed by atoms with Crippen LogP contribution in [-0.4, -0.2) is 80.9 Å². The van der Waals surface area contributed by atoms with Crippen LogP contribution in [0.3, 0.4) is 0 Å². The topological polar surface area (TPSA) is 199 Å². The zero-order valence-electron chi connectivity index (χ0n) is 31.6. The zero-order valence-corrected chi connectivity index (χ0v) is 31.6. The summed E-state index contributed by atoms with van der Waals surface area (Å²) >= 11 is 0. The fourth-order valence-corrected chi connectivity index (χ4v) is 7.65. The predicted octanol–water partition coefficient (Wildman–Crippen LogP) is 6.12. The van der Waals surface area contributed by atoms with Crippen molar-refractivity contribution in [1.29, 1.82) is 0 Å². The first kappa shape index (κ1) is 38.5. The van der Waals surface area contributed by atoms with Gasteiger partial charge in [-0.25, -0.2) is 9.97 Å². The van der Waals surface area contributed by atoms with E-state index < -0.39 is 0 Å². The molecule has 0 bridgehead atoms. The molecule has 1 fully saturated rings. The van der Waals surface area contributed by atoms with Gasteiger partial charge in [-0.15, -0.1) is 0 Å². The summed E-state index contributed by atoms with van der Waals surface area (Å²) in [4.78, 5) is 18.9. The highest BCUT2D eigenvalue weighted by Crippen LogP contribution is 2.45. The molecule has 1 saturated carbocycles. The van der Waals surface area contributed by atoms with Crippen LogP contribution in [0.2, 0.25) is 0 Å². The Kier molecular flexibility index (Phi) is 11.9.